The van der Waals surface area contributed by atoms with Gasteiger partial charge in [0.05, 0.1) is 4.90 Å². The lowest BCUT2D eigenvalue weighted by Gasteiger charge is -2.32. The maximum Gasteiger partial charge on any atom is 0.243 e. The predicted octanol–water partition coefficient (Wildman–Crippen LogP) is 3.13. The van der Waals surface area contributed by atoms with Crippen LogP contribution >= 0.6 is 0 Å². The summed E-state index contributed by atoms with van der Waals surface area (Å²) in [4.78, 5) is 0.493. The number of aryl methyl sites for hydroxylation is 2. The molecule has 1 aliphatic heterocycles. The Morgan fingerprint density at radius 2 is 1.80 bits per heavy atom. The smallest absolute Gasteiger partial charge is 0.207 e. The van der Waals surface area contributed by atoms with E-state index in [9.17, 15) is 8.42 Å². The molecule has 0 saturated carbocycles. The van der Waals surface area contributed by atoms with Crippen LogP contribution in [-0.2, 0) is 22.9 Å². The van der Waals surface area contributed by atoms with Crippen molar-refractivity contribution >= 4 is 10.0 Å². The Bertz CT molecular complexity index is 594. The first-order chi connectivity index (χ1) is 9.59. The summed E-state index contributed by atoms with van der Waals surface area (Å²) in [6.07, 6.45) is 7.61. The number of sulfonamides is 1. The van der Waals surface area contributed by atoms with Crippen LogP contribution in [0.25, 0.3) is 0 Å². The first kappa shape index (κ1) is 14.1. The number of benzene rings is 1. The summed E-state index contributed by atoms with van der Waals surface area (Å²) in [5.74, 6) is 0. The van der Waals surface area contributed by atoms with Crippen LogP contribution in [0.15, 0.2) is 23.1 Å². The minimum atomic E-state index is -3.31. The zero-order chi connectivity index (χ0) is 14.2. The molecule has 1 heterocycles. The van der Waals surface area contributed by atoms with Gasteiger partial charge in [-0.05, 0) is 68.7 Å². The second kappa shape index (κ2) is 5.49. The van der Waals surface area contributed by atoms with Crippen LogP contribution in [0.1, 0.15) is 50.2 Å². The van der Waals surface area contributed by atoms with Gasteiger partial charge in [-0.1, -0.05) is 12.5 Å². The highest BCUT2D eigenvalue weighted by atomic mass is 32.2. The molecule has 110 valence electrons. The van der Waals surface area contributed by atoms with Crippen LogP contribution in [0.5, 0.6) is 0 Å². The van der Waals surface area contributed by atoms with E-state index in [1.54, 1.807) is 10.4 Å². The molecule has 0 bridgehead atoms. The lowest BCUT2D eigenvalue weighted by molar-refractivity contribution is 0.268. The average molecular weight is 293 g/mol. The summed E-state index contributed by atoms with van der Waals surface area (Å²) < 4.78 is 27.3. The number of hydrogen-bond donors (Lipinski definition) is 0. The molecule has 1 saturated heterocycles. The Kier molecular flexibility index (Phi) is 3.87. The molecule has 4 heteroatoms. The molecule has 0 amide bonds. The van der Waals surface area contributed by atoms with Crippen molar-refractivity contribution in [2.24, 2.45) is 0 Å². The van der Waals surface area contributed by atoms with Crippen molar-refractivity contribution in [3.63, 3.8) is 0 Å². The molecule has 0 aromatic heterocycles. The monoisotopic (exact) mass is 293 g/mol. The fraction of sp³-hybridized carbons (Fsp3) is 0.625. The first-order valence-corrected chi connectivity index (χ1v) is 9.17. The summed E-state index contributed by atoms with van der Waals surface area (Å²) in [6.45, 7) is 2.69. The van der Waals surface area contributed by atoms with Gasteiger partial charge in [-0.25, -0.2) is 8.42 Å². The van der Waals surface area contributed by atoms with Gasteiger partial charge in [0.1, 0.15) is 0 Å². The van der Waals surface area contributed by atoms with E-state index in [1.807, 2.05) is 19.1 Å². The van der Waals surface area contributed by atoms with E-state index in [1.165, 1.54) is 24.0 Å². The van der Waals surface area contributed by atoms with Gasteiger partial charge >= 0.3 is 0 Å². The van der Waals surface area contributed by atoms with E-state index in [2.05, 4.69) is 0 Å². The van der Waals surface area contributed by atoms with Crippen molar-refractivity contribution in [2.45, 2.75) is 62.8 Å². The third-order valence-electron chi connectivity index (χ3n) is 4.67. The van der Waals surface area contributed by atoms with E-state index in [0.29, 0.717) is 11.4 Å². The molecule has 1 aromatic carbocycles. The van der Waals surface area contributed by atoms with Crippen LogP contribution in [-0.4, -0.2) is 25.3 Å². The third kappa shape index (κ3) is 2.51. The summed E-state index contributed by atoms with van der Waals surface area (Å²) in [7, 11) is -3.31. The van der Waals surface area contributed by atoms with Crippen molar-refractivity contribution in [2.75, 3.05) is 6.54 Å². The van der Waals surface area contributed by atoms with Gasteiger partial charge in [0.2, 0.25) is 10.0 Å². The molecule has 20 heavy (non-hydrogen) atoms. The van der Waals surface area contributed by atoms with Gasteiger partial charge in [-0.15, -0.1) is 0 Å². The summed E-state index contributed by atoms with van der Waals surface area (Å²) in [5, 5.41) is 0. The van der Waals surface area contributed by atoms with Crippen LogP contribution < -0.4 is 0 Å². The third-order valence-corrected chi connectivity index (χ3v) is 6.68. The first-order valence-electron chi connectivity index (χ1n) is 7.73. The number of rotatable bonds is 2. The van der Waals surface area contributed by atoms with Crippen LogP contribution in [0, 0.1) is 0 Å². The summed E-state index contributed by atoms with van der Waals surface area (Å²) >= 11 is 0. The molecule has 0 N–H and O–H groups in total. The summed E-state index contributed by atoms with van der Waals surface area (Å²) in [5.41, 5.74) is 2.57. The average Bonchev–Trinajstić information content (AvgIpc) is 2.47. The molecule has 2 aliphatic rings. The van der Waals surface area contributed by atoms with Crippen LogP contribution in [0.4, 0.5) is 0 Å². The molecule has 0 spiro atoms. The second-order valence-corrected chi connectivity index (χ2v) is 7.99. The normalized spacial score (nSPS) is 24.4. The zero-order valence-electron chi connectivity index (χ0n) is 12.1. The largest absolute Gasteiger partial charge is 0.243 e. The number of piperidine rings is 1. The van der Waals surface area contributed by atoms with Gasteiger partial charge in [0.15, 0.2) is 0 Å². The Labute approximate surface area is 122 Å². The van der Waals surface area contributed by atoms with Crippen LogP contribution in [0.2, 0.25) is 0 Å². The minimum absolute atomic E-state index is 0.129. The Morgan fingerprint density at radius 3 is 2.55 bits per heavy atom. The lowest BCUT2D eigenvalue weighted by Crippen LogP contribution is -2.41. The van der Waals surface area contributed by atoms with E-state index in [4.69, 9.17) is 0 Å². The number of fused-ring (bicyclic) bond motifs is 1. The highest BCUT2D eigenvalue weighted by Crippen LogP contribution is 2.28. The van der Waals surface area contributed by atoms with Crippen molar-refractivity contribution < 1.29 is 8.42 Å². The second-order valence-electron chi connectivity index (χ2n) is 6.10. The highest BCUT2D eigenvalue weighted by Gasteiger charge is 2.31. The van der Waals surface area contributed by atoms with E-state index in [-0.39, 0.29) is 6.04 Å². The van der Waals surface area contributed by atoms with E-state index >= 15 is 0 Å². The van der Waals surface area contributed by atoms with E-state index in [0.717, 1.165) is 32.1 Å². The highest BCUT2D eigenvalue weighted by molar-refractivity contribution is 7.89. The van der Waals surface area contributed by atoms with Gasteiger partial charge in [-0.3, -0.25) is 0 Å². The Hall–Kier alpha value is -0.870. The van der Waals surface area contributed by atoms with Crippen molar-refractivity contribution in [1.29, 1.82) is 0 Å². The molecule has 1 fully saturated rings. The minimum Gasteiger partial charge on any atom is -0.207 e. The van der Waals surface area contributed by atoms with Gasteiger partial charge in [0.25, 0.3) is 0 Å². The van der Waals surface area contributed by atoms with Gasteiger partial charge in [0, 0.05) is 12.6 Å². The topological polar surface area (TPSA) is 37.4 Å². The fourth-order valence-corrected chi connectivity index (χ4v) is 5.19. The van der Waals surface area contributed by atoms with Gasteiger partial charge < -0.3 is 0 Å². The lowest BCUT2D eigenvalue weighted by atomic mass is 9.92. The molecule has 0 unspecified atom stereocenters. The zero-order valence-corrected chi connectivity index (χ0v) is 13.0. The quantitative estimate of drug-likeness (QED) is 0.840. The number of nitrogens with zero attached hydrogens (tertiary/aromatic N) is 1. The van der Waals surface area contributed by atoms with Gasteiger partial charge in [-0.2, -0.15) is 4.31 Å². The standard InChI is InChI=1S/C16H23NO2S/c1-13-6-4-5-11-17(13)20(18,19)16-10-9-14-7-2-3-8-15(14)12-16/h9-10,12-13H,2-8,11H2,1H3/t13-/m1/s1. The maximum atomic E-state index is 12.8. The molecule has 3 rings (SSSR count). The Balaban J connectivity index is 1.94. The maximum absolute atomic E-state index is 12.8. The number of hydrogen-bond acceptors (Lipinski definition) is 2. The molecule has 1 aromatic rings. The fourth-order valence-electron chi connectivity index (χ4n) is 3.43. The molecule has 1 aliphatic carbocycles. The Morgan fingerprint density at radius 1 is 1.05 bits per heavy atom. The summed E-state index contributed by atoms with van der Waals surface area (Å²) in [6, 6.07) is 5.88. The van der Waals surface area contributed by atoms with Crippen molar-refractivity contribution in [3.8, 4) is 0 Å². The molecule has 0 radical (unpaired) electrons. The van der Waals surface area contributed by atoms with E-state index < -0.39 is 10.0 Å². The van der Waals surface area contributed by atoms with Crippen molar-refractivity contribution in [3.05, 3.63) is 29.3 Å². The molecule has 1 atom stereocenters. The SMILES string of the molecule is C[C@@H]1CCCCN1S(=O)(=O)c1ccc2c(c1)CCCC2. The molecular formula is C16H23NO2S. The molecular weight excluding hydrogens is 270 g/mol. The molecule has 3 nitrogen and oxygen atoms in total. The predicted molar refractivity (Wildman–Crippen MR) is 80.3 cm³/mol. The van der Waals surface area contributed by atoms with Crippen molar-refractivity contribution in [1.82, 2.24) is 4.31 Å². The van der Waals surface area contributed by atoms with Crippen LogP contribution in [0.3, 0.4) is 0 Å².